The smallest absolute Gasteiger partial charge is 0.266 e. The van der Waals surface area contributed by atoms with E-state index in [1.807, 2.05) is 6.07 Å². The zero-order valence-corrected chi connectivity index (χ0v) is 14.2. The molecule has 122 valence electrons. The largest absolute Gasteiger partial charge is 0.508 e. The van der Waals surface area contributed by atoms with Crippen LogP contribution in [0.2, 0.25) is 0 Å². The number of methoxy groups -OCH3 is 1. The number of ether oxygens (including phenoxy) is 1. The molecule has 0 aliphatic carbocycles. The number of nitriles is 1. The summed E-state index contributed by atoms with van der Waals surface area (Å²) < 4.78 is 5.52. The van der Waals surface area contributed by atoms with Crippen molar-refractivity contribution in [1.82, 2.24) is 0 Å². The highest BCUT2D eigenvalue weighted by molar-refractivity contribution is 9.10. The fourth-order valence-electron chi connectivity index (χ4n) is 1.88. The van der Waals surface area contributed by atoms with Crippen LogP contribution < -0.4 is 10.1 Å². The third-order valence-electron chi connectivity index (χ3n) is 3.09. The number of nitrogens with zero attached hydrogens (tertiary/aromatic N) is 1. The predicted octanol–water partition coefficient (Wildman–Crippen LogP) is 3.41. The first kappa shape index (κ1) is 17.4. The topological polar surface area (TPSA) is 103 Å². The maximum atomic E-state index is 12.2. The van der Waals surface area contributed by atoms with Gasteiger partial charge in [0, 0.05) is 10.2 Å². The standard InChI is InChI=1S/C17H13BrN2O4/c1-24-16-7-10(14(18)8-15(16)22)6-11(9-19)17(23)20-12-2-4-13(21)5-3-12/h2-8,21-22H,1H3,(H,20,23)/b11-6+. The molecule has 24 heavy (non-hydrogen) atoms. The van der Waals surface area contributed by atoms with E-state index >= 15 is 0 Å². The van der Waals surface area contributed by atoms with Gasteiger partial charge in [-0.25, -0.2) is 0 Å². The van der Waals surface area contributed by atoms with Gasteiger partial charge >= 0.3 is 0 Å². The first-order chi connectivity index (χ1) is 11.4. The van der Waals surface area contributed by atoms with Crippen molar-refractivity contribution in [3.05, 3.63) is 52.0 Å². The van der Waals surface area contributed by atoms with Gasteiger partial charge in [0.1, 0.15) is 17.4 Å². The van der Waals surface area contributed by atoms with E-state index in [0.717, 1.165) is 0 Å². The number of anilines is 1. The fraction of sp³-hybridized carbons (Fsp3) is 0.0588. The van der Waals surface area contributed by atoms with E-state index in [0.29, 0.717) is 15.7 Å². The van der Waals surface area contributed by atoms with Gasteiger partial charge in [0.25, 0.3) is 5.91 Å². The lowest BCUT2D eigenvalue weighted by atomic mass is 10.1. The van der Waals surface area contributed by atoms with Crippen LogP contribution in [0.3, 0.4) is 0 Å². The SMILES string of the molecule is COc1cc(/C=C(\C#N)C(=O)Nc2ccc(O)cc2)c(Br)cc1O. The van der Waals surface area contributed by atoms with Crippen LogP contribution in [0.15, 0.2) is 46.4 Å². The van der Waals surface area contributed by atoms with Crippen LogP contribution in [0.5, 0.6) is 17.2 Å². The van der Waals surface area contributed by atoms with E-state index in [9.17, 15) is 20.3 Å². The molecule has 0 heterocycles. The van der Waals surface area contributed by atoms with E-state index in [4.69, 9.17) is 4.74 Å². The number of rotatable bonds is 4. The third kappa shape index (κ3) is 4.06. The normalized spacial score (nSPS) is 10.8. The van der Waals surface area contributed by atoms with Crippen molar-refractivity contribution >= 4 is 33.6 Å². The molecule has 0 aliphatic heterocycles. The highest BCUT2D eigenvalue weighted by Gasteiger charge is 2.12. The first-order valence-corrected chi connectivity index (χ1v) is 7.52. The zero-order valence-electron chi connectivity index (χ0n) is 12.6. The average Bonchev–Trinajstić information content (AvgIpc) is 2.56. The second kappa shape index (κ2) is 7.53. The highest BCUT2D eigenvalue weighted by atomic mass is 79.9. The molecular formula is C17H13BrN2O4. The Hall–Kier alpha value is -2.98. The molecule has 7 heteroatoms. The van der Waals surface area contributed by atoms with Crippen LogP contribution in [-0.4, -0.2) is 23.2 Å². The Morgan fingerprint density at radius 2 is 1.96 bits per heavy atom. The number of hydrogen-bond donors (Lipinski definition) is 3. The summed E-state index contributed by atoms with van der Waals surface area (Å²) >= 11 is 3.26. The second-order valence-corrected chi connectivity index (χ2v) is 5.57. The van der Waals surface area contributed by atoms with E-state index in [1.165, 1.54) is 49.6 Å². The number of amides is 1. The summed E-state index contributed by atoms with van der Waals surface area (Å²) in [5, 5.41) is 30.7. The molecule has 3 N–H and O–H groups in total. The van der Waals surface area contributed by atoms with Crippen molar-refractivity contribution in [3.63, 3.8) is 0 Å². The van der Waals surface area contributed by atoms with Crippen molar-refractivity contribution in [3.8, 4) is 23.3 Å². The number of halogens is 1. The Balaban J connectivity index is 2.30. The zero-order chi connectivity index (χ0) is 17.7. The average molecular weight is 389 g/mol. The molecule has 0 fully saturated rings. The third-order valence-corrected chi connectivity index (χ3v) is 3.78. The van der Waals surface area contributed by atoms with Gasteiger partial charge in [0.2, 0.25) is 0 Å². The van der Waals surface area contributed by atoms with Gasteiger partial charge < -0.3 is 20.3 Å². The lowest BCUT2D eigenvalue weighted by Gasteiger charge is -2.08. The number of carbonyl (C=O) groups is 1. The van der Waals surface area contributed by atoms with E-state index in [2.05, 4.69) is 21.2 Å². The van der Waals surface area contributed by atoms with Crippen molar-refractivity contribution in [2.24, 2.45) is 0 Å². The summed E-state index contributed by atoms with van der Waals surface area (Å²) in [6.45, 7) is 0. The number of hydrogen-bond acceptors (Lipinski definition) is 5. The lowest BCUT2D eigenvalue weighted by Crippen LogP contribution is -2.13. The number of phenols is 2. The van der Waals surface area contributed by atoms with Gasteiger partial charge in [-0.2, -0.15) is 5.26 Å². The Morgan fingerprint density at radius 1 is 1.29 bits per heavy atom. The van der Waals surface area contributed by atoms with Crippen LogP contribution >= 0.6 is 15.9 Å². The summed E-state index contributed by atoms with van der Waals surface area (Å²) in [5.41, 5.74) is 0.819. The molecule has 2 aromatic rings. The number of carbonyl (C=O) groups excluding carboxylic acids is 1. The molecule has 0 saturated carbocycles. The molecule has 0 radical (unpaired) electrons. The molecule has 0 unspecified atom stereocenters. The second-order valence-electron chi connectivity index (χ2n) is 4.72. The van der Waals surface area contributed by atoms with Crippen LogP contribution in [0.1, 0.15) is 5.56 Å². The number of benzene rings is 2. The van der Waals surface area contributed by atoms with E-state index < -0.39 is 5.91 Å². The molecule has 6 nitrogen and oxygen atoms in total. The number of phenolic OH excluding ortho intramolecular Hbond substituents is 2. The molecule has 0 spiro atoms. The molecule has 2 rings (SSSR count). The summed E-state index contributed by atoms with van der Waals surface area (Å²) in [5.74, 6) is -0.361. The predicted molar refractivity (Wildman–Crippen MR) is 92.7 cm³/mol. The highest BCUT2D eigenvalue weighted by Crippen LogP contribution is 2.33. The fourth-order valence-corrected chi connectivity index (χ4v) is 2.33. The van der Waals surface area contributed by atoms with Crippen LogP contribution in [0.25, 0.3) is 6.08 Å². The monoisotopic (exact) mass is 388 g/mol. The van der Waals surface area contributed by atoms with Gasteiger partial charge in [-0.05, 0) is 48.0 Å². The Kier molecular flexibility index (Phi) is 5.45. The van der Waals surface area contributed by atoms with Crippen molar-refractivity contribution in [1.29, 1.82) is 5.26 Å². The lowest BCUT2D eigenvalue weighted by molar-refractivity contribution is -0.112. The molecule has 0 atom stereocenters. The Bertz CT molecular complexity index is 839. The van der Waals surface area contributed by atoms with Crippen molar-refractivity contribution in [2.45, 2.75) is 0 Å². The molecule has 0 saturated heterocycles. The minimum Gasteiger partial charge on any atom is -0.508 e. The minimum atomic E-state index is -0.595. The number of nitrogens with one attached hydrogen (secondary N) is 1. The summed E-state index contributed by atoms with van der Waals surface area (Å²) in [4.78, 5) is 12.2. The number of aromatic hydroxyl groups is 2. The van der Waals surface area contributed by atoms with Crippen LogP contribution in [0, 0.1) is 11.3 Å². The van der Waals surface area contributed by atoms with Crippen molar-refractivity contribution < 1.29 is 19.7 Å². The quantitative estimate of drug-likeness (QED) is 0.423. The molecule has 0 aliphatic rings. The van der Waals surface area contributed by atoms with E-state index in [-0.39, 0.29) is 22.8 Å². The molecular weight excluding hydrogens is 376 g/mol. The van der Waals surface area contributed by atoms with E-state index in [1.54, 1.807) is 0 Å². The maximum absolute atomic E-state index is 12.2. The van der Waals surface area contributed by atoms with Gasteiger partial charge in [-0.15, -0.1) is 0 Å². The molecule has 0 bridgehead atoms. The van der Waals surface area contributed by atoms with Crippen LogP contribution in [0.4, 0.5) is 5.69 Å². The summed E-state index contributed by atoms with van der Waals surface area (Å²) in [6, 6.07) is 10.6. The van der Waals surface area contributed by atoms with Crippen molar-refractivity contribution in [2.75, 3.05) is 12.4 Å². The first-order valence-electron chi connectivity index (χ1n) is 6.73. The summed E-state index contributed by atoms with van der Waals surface area (Å²) in [7, 11) is 1.40. The maximum Gasteiger partial charge on any atom is 0.266 e. The van der Waals surface area contributed by atoms with Gasteiger partial charge in [0.05, 0.1) is 7.11 Å². The summed E-state index contributed by atoms with van der Waals surface area (Å²) in [6.07, 6.45) is 1.38. The van der Waals surface area contributed by atoms with Crippen LogP contribution in [-0.2, 0) is 4.79 Å². The van der Waals surface area contributed by atoms with Gasteiger partial charge in [0.15, 0.2) is 11.5 Å². The van der Waals surface area contributed by atoms with Gasteiger partial charge in [-0.3, -0.25) is 4.79 Å². The Labute approximate surface area is 146 Å². The molecule has 1 amide bonds. The Morgan fingerprint density at radius 3 is 2.54 bits per heavy atom. The molecule has 2 aromatic carbocycles. The minimum absolute atomic E-state index is 0.0615. The van der Waals surface area contributed by atoms with Gasteiger partial charge in [-0.1, -0.05) is 15.9 Å². The molecule has 0 aromatic heterocycles.